The molecule has 8 nitrogen and oxygen atoms in total. The molecule has 0 N–H and O–H groups in total. The van der Waals surface area contributed by atoms with Crippen molar-refractivity contribution in [2.24, 2.45) is 0 Å². The van der Waals surface area contributed by atoms with Crippen molar-refractivity contribution >= 4 is 26.8 Å². The van der Waals surface area contributed by atoms with Gasteiger partial charge in [-0.2, -0.15) is 13.8 Å². The van der Waals surface area contributed by atoms with Crippen LogP contribution < -0.4 is 15.0 Å². The fourth-order valence-corrected chi connectivity index (χ4v) is 3.19. The molecule has 30 heavy (non-hydrogen) atoms. The van der Waals surface area contributed by atoms with Crippen LogP contribution in [-0.2, 0) is 6.54 Å². The van der Waals surface area contributed by atoms with Crippen molar-refractivity contribution in [3.63, 3.8) is 0 Å². The van der Waals surface area contributed by atoms with E-state index in [1.807, 2.05) is 0 Å². The maximum Gasteiger partial charge on any atom is 0.387 e. The normalized spacial score (nSPS) is 11.2. The number of aromatic nitrogens is 4. The lowest BCUT2D eigenvalue weighted by Gasteiger charge is -2.10. The van der Waals surface area contributed by atoms with Crippen LogP contribution in [0.5, 0.6) is 11.5 Å². The molecule has 0 bridgehead atoms. The summed E-state index contributed by atoms with van der Waals surface area (Å²) in [6.07, 6.45) is 1.40. The number of methoxy groups -OCH3 is 1. The number of rotatable bonds is 6. The minimum Gasteiger partial charge on any atom is -0.493 e. The lowest BCUT2D eigenvalue weighted by molar-refractivity contribution is -0.0512. The molecule has 2 heterocycles. The summed E-state index contributed by atoms with van der Waals surface area (Å²) < 4.78 is 41.8. The van der Waals surface area contributed by atoms with Crippen molar-refractivity contribution in [1.82, 2.24) is 19.7 Å². The van der Waals surface area contributed by atoms with Gasteiger partial charge in [-0.1, -0.05) is 21.1 Å². The Morgan fingerprint density at radius 2 is 2.03 bits per heavy atom. The van der Waals surface area contributed by atoms with Gasteiger partial charge in [-0.15, -0.1) is 0 Å². The maximum absolute atomic E-state index is 12.7. The molecule has 0 amide bonds. The van der Waals surface area contributed by atoms with Crippen LogP contribution in [0, 0.1) is 0 Å². The molecular formula is C19H13BrF2N4O4. The zero-order chi connectivity index (χ0) is 21.3. The van der Waals surface area contributed by atoms with E-state index in [2.05, 4.69) is 35.8 Å². The molecule has 0 aliphatic carbocycles. The van der Waals surface area contributed by atoms with Crippen LogP contribution in [0.25, 0.3) is 22.3 Å². The van der Waals surface area contributed by atoms with E-state index in [1.165, 1.54) is 36.2 Å². The summed E-state index contributed by atoms with van der Waals surface area (Å²) in [6.45, 7) is -2.96. The topological polar surface area (TPSA) is 92.3 Å². The van der Waals surface area contributed by atoms with Gasteiger partial charge in [0.15, 0.2) is 11.5 Å². The van der Waals surface area contributed by atoms with Gasteiger partial charge >= 0.3 is 6.61 Å². The first-order valence-electron chi connectivity index (χ1n) is 8.55. The minimum absolute atomic E-state index is 0.0188. The summed E-state index contributed by atoms with van der Waals surface area (Å²) in [6, 6.07) is 9.51. The SMILES string of the molecule is COc1cc(-c2noc(Cn3cnc4ccc(Br)cc4c3=O)n2)ccc1OC(F)F. The van der Waals surface area contributed by atoms with E-state index in [0.717, 1.165) is 4.47 Å². The largest absolute Gasteiger partial charge is 0.493 e. The molecule has 154 valence electrons. The number of ether oxygens (including phenoxy) is 2. The smallest absolute Gasteiger partial charge is 0.387 e. The van der Waals surface area contributed by atoms with Gasteiger partial charge < -0.3 is 14.0 Å². The fraction of sp³-hybridized carbons (Fsp3) is 0.158. The molecule has 4 rings (SSSR count). The predicted molar refractivity (Wildman–Crippen MR) is 106 cm³/mol. The third-order valence-electron chi connectivity index (χ3n) is 4.20. The molecule has 0 saturated heterocycles. The lowest BCUT2D eigenvalue weighted by Crippen LogP contribution is -2.21. The first kappa shape index (κ1) is 20.0. The first-order chi connectivity index (χ1) is 14.4. The summed E-state index contributed by atoms with van der Waals surface area (Å²) in [7, 11) is 1.33. The fourth-order valence-electron chi connectivity index (χ4n) is 2.83. The Hall–Kier alpha value is -3.34. The molecule has 4 aromatic rings. The van der Waals surface area contributed by atoms with Crippen molar-refractivity contribution in [3.8, 4) is 22.9 Å². The van der Waals surface area contributed by atoms with Gasteiger partial charge in [0.1, 0.15) is 6.54 Å². The van der Waals surface area contributed by atoms with E-state index in [-0.39, 0.29) is 35.3 Å². The van der Waals surface area contributed by atoms with E-state index < -0.39 is 6.61 Å². The number of benzene rings is 2. The van der Waals surface area contributed by atoms with Crippen LogP contribution in [0.2, 0.25) is 0 Å². The Bertz CT molecular complexity index is 1280. The summed E-state index contributed by atoms with van der Waals surface area (Å²) >= 11 is 3.34. The Labute approximate surface area is 176 Å². The third kappa shape index (κ3) is 4.01. The first-order valence-corrected chi connectivity index (χ1v) is 9.34. The van der Waals surface area contributed by atoms with Crippen LogP contribution in [0.3, 0.4) is 0 Å². The number of alkyl halides is 2. The molecule has 0 spiro atoms. The molecular weight excluding hydrogens is 466 g/mol. The monoisotopic (exact) mass is 478 g/mol. The molecule has 0 unspecified atom stereocenters. The van der Waals surface area contributed by atoms with Gasteiger partial charge in [-0.25, -0.2) is 4.98 Å². The van der Waals surface area contributed by atoms with Crippen LogP contribution in [0.15, 0.2) is 56.5 Å². The van der Waals surface area contributed by atoms with E-state index >= 15 is 0 Å². The number of hydrogen-bond donors (Lipinski definition) is 0. The maximum atomic E-state index is 12.7. The standard InChI is InChI=1S/C19H13BrF2N4O4/c1-28-15-6-10(2-5-14(15)29-19(21)22)17-24-16(30-25-17)8-26-9-23-13-4-3-11(20)7-12(13)18(26)27/h2-7,9,19H,8H2,1H3. The zero-order valence-corrected chi connectivity index (χ0v) is 17.0. The molecule has 11 heteroatoms. The lowest BCUT2D eigenvalue weighted by atomic mass is 10.2. The molecule has 2 aromatic carbocycles. The quantitative estimate of drug-likeness (QED) is 0.415. The van der Waals surface area contributed by atoms with Gasteiger partial charge in [0.25, 0.3) is 5.56 Å². The molecule has 0 atom stereocenters. The number of nitrogens with zero attached hydrogens (tertiary/aromatic N) is 4. The van der Waals surface area contributed by atoms with Crippen molar-refractivity contribution in [2.45, 2.75) is 13.2 Å². The van der Waals surface area contributed by atoms with Crippen LogP contribution >= 0.6 is 15.9 Å². The molecule has 0 aliphatic heterocycles. The van der Waals surface area contributed by atoms with E-state index in [9.17, 15) is 13.6 Å². The second-order valence-electron chi connectivity index (χ2n) is 6.09. The summed E-state index contributed by atoms with van der Waals surface area (Å²) in [4.78, 5) is 21.2. The van der Waals surface area contributed by atoms with Gasteiger partial charge in [0.05, 0.1) is 24.3 Å². The van der Waals surface area contributed by atoms with Crippen molar-refractivity contribution < 1.29 is 22.8 Å². The highest BCUT2D eigenvalue weighted by Crippen LogP contribution is 2.32. The Morgan fingerprint density at radius 3 is 2.80 bits per heavy atom. The van der Waals surface area contributed by atoms with Crippen LogP contribution in [0.1, 0.15) is 5.89 Å². The second-order valence-corrected chi connectivity index (χ2v) is 7.01. The molecule has 0 saturated carbocycles. The summed E-state index contributed by atoms with van der Waals surface area (Å²) in [5, 5.41) is 4.33. The Kier molecular flexibility index (Phi) is 5.44. The van der Waals surface area contributed by atoms with E-state index in [0.29, 0.717) is 16.5 Å². The number of fused-ring (bicyclic) bond motifs is 1. The summed E-state index contributed by atoms with van der Waals surface area (Å²) in [5.41, 5.74) is 0.788. The van der Waals surface area contributed by atoms with Gasteiger partial charge in [-0.3, -0.25) is 9.36 Å². The molecule has 2 aromatic heterocycles. The third-order valence-corrected chi connectivity index (χ3v) is 4.69. The predicted octanol–water partition coefficient (Wildman–Crippen LogP) is 3.87. The minimum atomic E-state index is -2.98. The van der Waals surface area contributed by atoms with E-state index in [1.54, 1.807) is 18.2 Å². The average molecular weight is 479 g/mol. The van der Waals surface area contributed by atoms with Crippen molar-refractivity contribution in [1.29, 1.82) is 0 Å². The number of halogens is 3. The van der Waals surface area contributed by atoms with Gasteiger partial charge in [-0.05, 0) is 36.4 Å². The summed E-state index contributed by atoms with van der Waals surface area (Å²) in [5.74, 6) is 0.367. The Morgan fingerprint density at radius 1 is 1.20 bits per heavy atom. The van der Waals surface area contributed by atoms with Crippen LogP contribution in [-0.4, -0.2) is 33.4 Å². The van der Waals surface area contributed by atoms with Crippen molar-refractivity contribution in [3.05, 3.63) is 63.4 Å². The van der Waals surface area contributed by atoms with Gasteiger partial charge in [0, 0.05) is 10.0 Å². The zero-order valence-electron chi connectivity index (χ0n) is 15.4. The molecule has 0 radical (unpaired) electrons. The average Bonchev–Trinajstić information content (AvgIpc) is 3.19. The highest BCUT2D eigenvalue weighted by Gasteiger charge is 2.16. The Balaban J connectivity index is 1.61. The van der Waals surface area contributed by atoms with Gasteiger partial charge in [0.2, 0.25) is 11.7 Å². The number of hydrogen-bond acceptors (Lipinski definition) is 7. The highest BCUT2D eigenvalue weighted by atomic mass is 79.9. The van der Waals surface area contributed by atoms with E-state index in [4.69, 9.17) is 9.26 Å². The second kappa shape index (κ2) is 8.19. The van der Waals surface area contributed by atoms with Crippen LogP contribution in [0.4, 0.5) is 8.78 Å². The highest BCUT2D eigenvalue weighted by molar-refractivity contribution is 9.10. The van der Waals surface area contributed by atoms with Crippen molar-refractivity contribution in [2.75, 3.05) is 7.11 Å². The molecule has 0 aliphatic rings. The molecule has 0 fully saturated rings.